The highest BCUT2D eigenvalue weighted by Crippen LogP contribution is 2.17. The van der Waals surface area contributed by atoms with Gasteiger partial charge in [0.15, 0.2) is 0 Å². The fraction of sp³-hybridized carbons (Fsp3) is 1.00. The van der Waals surface area contributed by atoms with E-state index in [1.165, 1.54) is 64.7 Å². The van der Waals surface area contributed by atoms with Crippen molar-refractivity contribution in [3.63, 3.8) is 0 Å². The van der Waals surface area contributed by atoms with Gasteiger partial charge in [-0.2, -0.15) is 0 Å². The molecule has 102 valence electrons. The molecule has 0 aromatic rings. The summed E-state index contributed by atoms with van der Waals surface area (Å²) < 4.78 is 0. The first-order valence-electron chi connectivity index (χ1n) is 7.15. The lowest BCUT2D eigenvalue weighted by molar-refractivity contribution is 0.175. The Kier molecular flexibility index (Phi) is 8.25. The van der Waals surface area contributed by atoms with Gasteiger partial charge in [0.2, 0.25) is 0 Å². The predicted molar refractivity (Wildman–Crippen MR) is 76.9 cm³/mol. The van der Waals surface area contributed by atoms with Crippen molar-refractivity contribution in [1.29, 1.82) is 0 Å². The molecule has 0 amide bonds. The molecule has 1 aliphatic heterocycles. The van der Waals surface area contributed by atoms with Crippen LogP contribution in [0.25, 0.3) is 0 Å². The SMILES string of the molecule is CN1CCC(CN(C)CCCCCCCl)CC1. The van der Waals surface area contributed by atoms with Gasteiger partial charge in [-0.15, -0.1) is 11.6 Å². The Morgan fingerprint density at radius 3 is 2.41 bits per heavy atom. The minimum Gasteiger partial charge on any atom is -0.306 e. The summed E-state index contributed by atoms with van der Waals surface area (Å²) in [7, 11) is 4.51. The van der Waals surface area contributed by atoms with E-state index < -0.39 is 0 Å². The number of hydrogen-bond acceptors (Lipinski definition) is 2. The monoisotopic (exact) mass is 260 g/mol. The number of nitrogens with zero attached hydrogens (tertiary/aromatic N) is 2. The first-order chi connectivity index (χ1) is 8.22. The van der Waals surface area contributed by atoms with Crippen LogP contribution in [-0.4, -0.2) is 56.0 Å². The predicted octanol–water partition coefficient (Wildman–Crippen LogP) is 3.06. The Morgan fingerprint density at radius 2 is 1.76 bits per heavy atom. The smallest absolute Gasteiger partial charge is 0.0223 e. The highest BCUT2D eigenvalue weighted by molar-refractivity contribution is 6.17. The molecule has 1 rings (SSSR count). The van der Waals surface area contributed by atoms with Crippen LogP contribution in [0.5, 0.6) is 0 Å². The fourth-order valence-electron chi connectivity index (χ4n) is 2.61. The molecule has 0 aromatic heterocycles. The van der Waals surface area contributed by atoms with Gasteiger partial charge in [0.05, 0.1) is 0 Å². The van der Waals surface area contributed by atoms with E-state index in [1.54, 1.807) is 0 Å². The summed E-state index contributed by atoms with van der Waals surface area (Å²) in [6.07, 6.45) is 7.91. The van der Waals surface area contributed by atoms with Crippen molar-refractivity contribution >= 4 is 11.6 Å². The van der Waals surface area contributed by atoms with E-state index in [-0.39, 0.29) is 0 Å². The molecule has 1 saturated heterocycles. The van der Waals surface area contributed by atoms with Gasteiger partial charge in [-0.25, -0.2) is 0 Å². The van der Waals surface area contributed by atoms with Crippen molar-refractivity contribution in [2.75, 3.05) is 46.2 Å². The van der Waals surface area contributed by atoms with Gasteiger partial charge in [0.25, 0.3) is 0 Å². The minimum absolute atomic E-state index is 0.825. The van der Waals surface area contributed by atoms with Crippen LogP contribution in [0.1, 0.15) is 38.5 Å². The van der Waals surface area contributed by atoms with Crippen LogP contribution in [-0.2, 0) is 0 Å². The van der Waals surface area contributed by atoms with Crippen LogP contribution in [0.2, 0.25) is 0 Å². The van der Waals surface area contributed by atoms with E-state index in [0.717, 1.165) is 11.8 Å². The number of likely N-dealkylation sites (tertiary alicyclic amines) is 1. The van der Waals surface area contributed by atoms with Crippen molar-refractivity contribution in [3.05, 3.63) is 0 Å². The van der Waals surface area contributed by atoms with Gasteiger partial charge >= 0.3 is 0 Å². The third-order valence-electron chi connectivity index (χ3n) is 3.83. The highest BCUT2D eigenvalue weighted by Gasteiger charge is 2.17. The number of alkyl halides is 1. The Morgan fingerprint density at radius 1 is 1.12 bits per heavy atom. The van der Waals surface area contributed by atoms with Gasteiger partial charge in [0, 0.05) is 12.4 Å². The first kappa shape index (κ1) is 15.3. The third kappa shape index (κ3) is 7.28. The highest BCUT2D eigenvalue weighted by atomic mass is 35.5. The maximum Gasteiger partial charge on any atom is 0.0223 e. The first-order valence-corrected chi connectivity index (χ1v) is 7.69. The summed E-state index contributed by atoms with van der Waals surface area (Å²) in [5.74, 6) is 1.75. The zero-order valence-corrected chi connectivity index (χ0v) is 12.4. The van der Waals surface area contributed by atoms with E-state index in [0.29, 0.717) is 0 Å². The summed E-state index contributed by atoms with van der Waals surface area (Å²) in [5.41, 5.74) is 0. The lowest BCUT2D eigenvalue weighted by atomic mass is 9.96. The summed E-state index contributed by atoms with van der Waals surface area (Å²) >= 11 is 5.67. The van der Waals surface area contributed by atoms with Gasteiger partial charge in [-0.05, 0) is 65.3 Å². The zero-order chi connectivity index (χ0) is 12.5. The lowest BCUT2D eigenvalue weighted by Gasteiger charge is -2.31. The van der Waals surface area contributed by atoms with Gasteiger partial charge in [0.1, 0.15) is 0 Å². The van der Waals surface area contributed by atoms with E-state index in [2.05, 4.69) is 23.9 Å². The summed E-state index contributed by atoms with van der Waals surface area (Å²) in [4.78, 5) is 4.97. The quantitative estimate of drug-likeness (QED) is 0.489. The van der Waals surface area contributed by atoms with Crippen molar-refractivity contribution in [2.45, 2.75) is 38.5 Å². The molecular weight excluding hydrogens is 232 g/mol. The second-order valence-corrected chi connectivity index (χ2v) is 5.99. The number of halogens is 1. The van der Waals surface area contributed by atoms with Gasteiger partial charge in [-0.3, -0.25) is 0 Å². The maximum absolute atomic E-state index is 5.67. The molecule has 1 heterocycles. The number of rotatable bonds is 8. The Labute approximate surface area is 112 Å². The topological polar surface area (TPSA) is 6.48 Å². The molecule has 0 unspecified atom stereocenters. The minimum atomic E-state index is 0.825. The van der Waals surface area contributed by atoms with Crippen molar-refractivity contribution in [1.82, 2.24) is 9.80 Å². The Bertz CT molecular complexity index is 179. The average Bonchev–Trinajstić information content (AvgIpc) is 2.32. The molecule has 1 fully saturated rings. The molecular formula is C14H29ClN2. The molecule has 2 nitrogen and oxygen atoms in total. The largest absolute Gasteiger partial charge is 0.306 e. The Hall–Kier alpha value is 0.210. The maximum atomic E-state index is 5.67. The average molecular weight is 261 g/mol. The fourth-order valence-corrected chi connectivity index (χ4v) is 2.80. The summed E-state index contributed by atoms with van der Waals surface area (Å²) in [5, 5.41) is 0. The molecule has 3 heteroatoms. The number of piperidine rings is 1. The molecule has 0 N–H and O–H groups in total. The number of hydrogen-bond donors (Lipinski definition) is 0. The second kappa shape index (κ2) is 9.18. The molecule has 0 spiro atoms. The van der Waals surface area contributed by atoms with Crippen LogP contribution < -0.4 is 0 Å². The van der Waals surface area contributed by atoms with E-state index >= 15 is 0 Å². The van der Waals surface area contributed by atoms with Gasteiger partial charge in [-0.1, -0.05) is 12.8 Å². The van der Waals surface area contributed by atoms with Crippen LogP contribution in [0.15, 0.2) is 0 Å². The van der Waals surface area contributed by atoms with Crippen LogP contribution in [0.3, 0.4) is 0 Å². The van der Waals surface area contributed by atoms with E-state index in [1.807, 2.05) is 0 Å². The molecule has 0 atom stereocenters. The van der Waals surface area contributed by atoms with Crippen LogP contribution in [0, 0.1) is 5.92 Å². The van der Waals surface area contributed by atoms with Crippen molar-refractivity contribution in [3.8, 4) is 0 Å². The molecule has 0 radical (unpaired) electrons. The van der Waals surface area contributed by atoms with Crippen molar-refractivity contribution in [2.24, 2.45) is 5.92 Å². The zero-order valence-electron chi connectivity index (χ0n) is 11.6. The molecule has 0 saturated carbocycles. The van der Waals surface area contributed by atoms with Crippen LogP contribution >= 0.6 is 11.6 Å². The third-order valence-corrected chi connectivity index (χ3v) is 4.10. The van der Waals surface area contributed by atoms with Crippen molar-refractivity contribution < 1.29 is 0 Å². The molecule has 17 heavy (non-hydrogen) atoms. The summed E-state index contributed by atoms with van der Waals surface area (Å²) in [6.45, 7) is 5.13. The standard InChI is InChI=1S/C14H29ClN2/c1-16-11-7-14(8-12-16)13-17(2)10-6-4-3-5-9-15/h14H,3-13H2,1-2H3. The molecule has 0 aromatic carbocycles. The number of unbranched alkanes of at least 4 members (excludes halogenated alkanes) is 3. The molecule has 0 bridgehead atoms. The lowest BCUT2D eigenvalue weighted by Crippen LogP contribution is -2.36. The second-order valence-electron chi connectivity index (χ2n) is 5.61. The van der Waals surface area contributed by atoms with E-state index in [4.69, 9.17) is 11.6 Å². The molecule has 1 aliphatic rings. The Balaban J connectivity index is 1.98. The van der Waals surface area contributed by atoms with Gasteiger partial charge < -0.3 is 9.80 Å². The van der Waals surface area contributed by atoms with E-state index in [9.17, 15) is 0 Å². The van der Waals surface area contributed by atoms with Crippen LogP contribution in [0.4, 0.5) is 0 Å². The molecule has 0 aliphatic carbocycles. The normalized spacial score (nSPS) is 19.1. The summed E-state index contributed by atoms with van der Waals surface area (Å²) in [6, 6.07) is 0.